The van der Waals surface area contributed by atoms with Crippen molar-refractivity contribution < 1.29 is 9.53 Å². The summed E-state index contributed by atoms with van der Waals surface area (Å²) in [6.45, 7) is 7.86. The second kappa shape index (κ2) is 6.27. The predicted molar refractivity (Wildman–Crippen MR) is 94.7 cm³/mol. The van der Waals surface area contributed by atoms with Gasteiger partial charge in [-0.1, -0.05) is 23.8 Å². The third kappa shape index (κ3) is 2.56. The molecule has 1 N–H and O–H groups in total. The lowest BCUT2D eigenvalue weighted by Crippen LogP contribution is -2.53. The normalized spacial score (nSPS) is 26.4. The van der Waals surface area contributed by atoms with Gasteiger partial charge in [0.1, 0.15) is 0 Å². The number of rotatable bonds is 4. The van der Waals surface area contributed by atoms with E-state index in [0.717, 1.165) is 24.1 Å². The van der Waals surface area contributed by atoms with Crippen LogP contribution in [0.5, 0.6) is 5.88 Å². The summed E-state index contributed by atoms with van der Waals surface area (Å²) in [4.78, 5) is 17.1. The van der Waals surface area contributed by atoms with Crippen LogP contribution in [-0.4, -0.2) is 18.0 Å². The summed E-state index contributed by atoms with van der Waals surface area (Å²) in [5, 5.41) is 3.29. The van der Waals surface area contributed by atoms with Crippen LogP contribution in [0.2, 0.25) is 0 Å². The van der Waals surface area contributed by atoms with Crippen LogP contribution in [0.25, 0.3) is 0 Å². The third-order valence-electron chi connectivity index (χ3n) is 4.95. The van der Waals surface area contributed by atoms with Crippen molar-refractivity contribution in [1.82, 2.24) is 10.3 Å². The van der Waals surface area contributed by atoms with E-state index in [1.54, 1.807) is 13.2 Å². The average Bonchev–Trinajstić information content (AvgIpc) is 2.53. The van der Waals surface area contributed by atoms with E-state index in [1.807, 2.05) is 19.1 Å². The first-order valence-electron chi connectivity index (χ1n) is 8.34. The van der Waals surface area contributed by atoms with Crippen molar-refractivity contribution in [3.8, 4) is 5.88 Å². The van der Waals surface area contributed by atoms with Gasteiger partial charge < -0.3 is 10.1 Å². The van der Waals surface area contributed by atoms with Gasteiger partial charge in [-0.3, -0.25) is 4.79 Å². The molecule has 4 nitrogen and oxygen atoms in total. The van der Waals surface area contributed by atoms with Gasteiger partial charge in [0.05, 0.1) is 18.3 Å². The highest BCUT2D eigenvalue weighted by Crippen LogP contribution is 2.50. The lowest BCUT2D eigenvalue weighted by molar-refractivity contribution is -0.122. The number of ether oxygens (including phenoxy) is 1. The van der Waals surface area contributed by atoms with E-state index >= 15 is 0 Å². The fourth-order valence-corrected chi connectivity index (χ4v) is 4.16. The molecule has 126 valence electrons. The molecule has 1 aromatic heterocycles. The van der Waals surface area contributed by atoms with Gasteiger partial charge in [0, 0.05) is 30.4 Å². The average molecular weight is 324 g/mol. The number of pyridine rings is 1. The first-order chi connectivity index (χ1) is 11.5. The van der Waals surface area contributed by atoms with Gasteiger partial charge in [0.15, 0.2) is 0 Å². The van der Waals surface area contributed by atoms with Crippen molar-refractivity contribution in [2.75, 3.05) is 7.11 Å². The summed E-state index contributed by atoms with van der Waals surface area (Å²) in [6.07, 6.45) is 8.01. The number of carbonyl (C=O) groups excluding carboxylic acids is 1. The van der Waals surface area contributed by atoms with Crippen molar-refractivity contribution in [3.63, 3.8) is 0 Å². The number of hydrogen-bond acceptors (Lipinski definition) is 3. The smallest absolute Gasteiger partial charge is 0.224 e. The number of methoxy groups -OCH3 is 1. The number of nitrogens with one attached hydrogen (secondary N) is 1. The molecule has 0 saturated heterocycles. The van der Waals surface area contributed by atoms with Gasteiger partial charge in [-0.2, -0.15) is 0 Å². The fraction of sp³-hybridized carbons (Fsp3) is 0.400. The van der Waals surface area contributed by atoms with Gasteiger partial charge in [0.25, 0.3) is 0 Å². The summed E-state index contributed by atoms with van der Waals surface area (Å²) in [5.41, 5.74) is 4.13. The molecule has 0 radical (unpaired) electrons. The van der Waals surface area contributed by atoms with E-state index in [1.165, 1.54) is 11.1 Å². The Kier molecular flexibility index (Phi) is 4.31. The predicted octanol–water partition coefficient (Wildman–Crippen LogP) is 3.45. The molecule has 1 amide bonds. The molecular weight excluding hydrogens is 300 g/mol. The van der Waals surface area contributed by atoms with Gasteiger partial charge in [-0.25, -0.2) is 4.98 Å². The summed E-state index contributed by atoms with van der Waals surface area (Å²) >= 11 is 0. The highest BCUT2D eigenvalue weighted by Gasteiger charge is 2.47. The molecule has 2 atom stereocenters. The van der Waals surface area contributed by atoms with E-state index in [0.29, 0.717) is 12.3 Å². The molecule has 1 aromatic rings. The Morgan fingerprint density at radius 1 is 1.54 bits per heavy atom. The first-order valence-corrected chi connectivity index (χ1v) is 8.34. The molecular formula is C20H24N2O2. The zero-order valence-electron chi connectivity index (χ0n) is 14.6. The molecule has 2 aliphatic rings. The lowest BCUT2D eigenvalue weighted by Gasteiger charge is -2.48. The summed E-state index contributed by atoms with van der Waals surface area (Å²) < 4.78 is 5.29. The molecule has 0 saturated carbocycles. The summed E-state index contributed by atoms with van der Waals surface area (Å²) in [6, 6.07) is 3.93. The topological polar surface area (TPSA) is 51.2 Å². The van der Waals surface area contributed by atoms with Gasteiger partial charge >= 0.3 is 0 Å². The lowest BCUT2D eigenvalue weighted by atomic mass is 9.63. The van der Waals surface area contributed by atoms with E-state index in [9.17, 15) is 4.79 Å². The maximum Gasteiger partial charge on any atom is 0.224 e. The zero-order valence-corrected chi connectivity index (χ0v) is 14.6. The molecule has 24 heavy (non-hydrogen) atoms. The Balaban J connectivity index is 2.18. The number of aromatic nitrogens is 1. The van der Waals surface area contributed by atoms with Crippen LogP contribution in [-0.2, 0) is 16.8 Å². The van der Waals surface area contributed by atoms with Crippen molar-refractivity contribution in [1.29, 1.82) is 0 Å². The first kappa shape index (κ1) is 16.5. The number of allylic oxidation sites excluding steroid dienone is 2. The van der Waals surface area contributed by atoms with Crippen LogP contribution in [0.15, 0.2) is 48.1 Å². The molecule has 0 aromatic carbocycles. The van der Waals surface area contributed by atoms with Crippen LogP contribution in [0, 0.1) is 5.92 Å². The SMILES string of the molecule is C=CCC(=O)N[C@@]12CC(C)=C[C@@H](Cc3nc(OC)ccc31)/C2=C\C. The zero-order chi connectivity index (χ0) is 17.3. The van der Waals surface area contributed by atoms with Gasteiger partial charge in [-0.15, -0.1) is 6.58 Å². The van der Waals surface area contributed by atoms with Crippen molar-refractivity contribution in [2.45, 2.75) is 38.6 Å². The minimum absolute atomic E-state index is 0.0125. The summed E-state index contributed by atoms with van der Waals surface area (Å²) in [7, 11) is 1.63. The van der Waals surface area contributed by atoms with E-state index < -0.39 is 5.54 Å². The fourth-order valence-electron chi connectivity index (χ4n) is 4.16. The Hall–Kier alpha value is -2.36. The number of carbonyl (C=O) groups is 1. The van der Waals surface area contributed by atoms with Crippen LogP contribution in [0.4, 0.5) is 0 Å². The number of nitrogens with zero attached hydrogens (tertiary/aromatic N) is 1. The van der Waals surface area contributed by atoms with E-state index in [-0.39, 0.29) is 11.8 Å². The third-order valence-corrected chi connectivity index (χ3v) is 4.95. The maximum atomic E-state index is 12.4. The Morgan fingerprint density at radius 3 is 3.00 bits per heavy atom. The number of hydrogen-bond donors (Lipinski definition) is 1. The molecule has 3 rings (SSSR count). The van der Waals surface area contributed by atoms with Crippen molar-refractivity contribution >= 4 is 5.91 Å². The van der Waals surface area contributed by atoms with Crippen molar-refractivity contribution in [3.05, 3.63) is 59.3 Å². The second-order valence-electron chi connectivity index (χ2n) is 6.54. The highest BCUT2D eigenvalue weighted by atomic mass is 16.5. The van der Waals surface area contributed by atoms with Crippen LogP contribution in [0.1, 0.15) is 37.9 Å². The quantitative estimate of drug-likeness (QED) is 0.863. The molecule has 1 heterocycles. The second-order valence-corrected chi connectivity index (χ2v) is 6.54. The Bertz CT molecular complexity index is 748. The number of fused-ring (bicyclic) bond motifs is 4. The monoisotopic (exact) mass is 324 g/mol. The van der Waals surface area contributed by atoms with Gasteiger partial charge in [0.2, 0.25) is 11.8 Å². The van der Waals surface area contributed by atoms with Crippen molar-refractivity contribution in [2.24, 2.45) is 5.92 Å². The highest BCUT2D eigenvalue weighted by molar-refractivity contribution is 5.79. The molecule has 2 aliphatic carbocycles. The molecule has 0 spiro atoms. The molecule has 4 heteroatoms. The standard InChI is InChI=1S/C20H24N2O2/c1-5-7-18(23)22-20-12-13(3)10-14(15(20)6-2)11-17-16(20)8-9-19(21-17)24-4/h5-6,8-10,14H,1,7,11-12H2,2-4H3,(H,22,23)/b15-6+/t14-,20+/m0/s1. The van der Waals surface area contributed by atoms with E-state index in [2.05, 4.69) is 36.0 Å². The minimum atomic E-state index is -0.509. The molecule has 0 fully saturated rings. The Morgan fingerprint density at radius 2 is 2.33 bits per heavy atom. The maximum absolute atomic E-state index is 12.4. The van der Waals surface area contributed by atoms with Crippen LogP contribution < -0.4 is 10.1 Å². The molecule has 0 aliphatic heterocycles. The van der Waals surface area contributed by atoms with Gasteiger partial charge in [-0.05, 0) is 31.9 Å². The minimum Gasteiger partial charge on any atom is -0.481 e. The number of amides is 1. The largest absolute Gasteiger partial charge is 0.481 e. The Labute approximate surface area is 143 Å². The van der Waals surface area contributed by atoms with Crippen LogP contribution >= 0.6 is 0 Å². The van der Waals surface area contributed by atoms with E-state index in [4.69, 9.17) is 4.74 Å². The summed E-state index contributed by atoms with van der Waals surface area (Å²) in [5.74, 6) is 0.866. The molecule has 2 bridgehead atoms. The van der Waals surface area contributed by atoms with Crippen LogP contribution in [0.3, 0.4) is 0 Å². The molecule has 0 unspecified atom stereocenters.